The van der Waals surface area contributed by atoms with Gasteiger partial charge in [-0.05, 0) is 50.9 Å². The van der Waals surface area contributed by atoms with Crippen LogP contribution in [0.4, 0.5) is 4.79 Å². The Morgan fingerprint density at radius 3 is 2.81 bits per heavy atom. The van der Waals surface area contributed by atoms with Gasteiger partial charge in [0.05, 0.1) is 10.7 Å². The number of alkyl halides is 1. The molecule has 2 N–H and O–H groups in total. The summed E-state index contributed by atoms with van der Waals surface area (Å²) in [5.41, 5.74) is 2.35. The number of nitrogens with one attached hydrogen (secondary N) is 2. The number of carbonyl (C=O) groups excluding carboxylic acids is 1. The van der Waals surface area contributed by atoms with Crippen LogP contribution in [-0.2, 0) is 0 Å². The summed E-state index contributed by atoms with van der Waals surface area (Å²) < 4.78 is 0. The molecule has 0 bridgehead atoms. The molecule has 3 heterocycles. The monoisotopic (exact) mass is 430 g/mol. The highest BCUT2D eigenvalue weighted by Gasteiger charge is 2.38. The van der Waals surface area contributed by atoms with Crippen LogP contribution < -0.4 is 10.6 Å². The zero-order valence-electron chi connectivity index (χ0n) is 15.8. The smallest absolute Gasteiger partial charge is 0.326 e. The number of amides is 2. The fourth-order valence-corrected chi connectivity index (χ4v) is 4.52. The maximum Gasteiger partial charge on any atom is 0.326 e. The van der Waals surface area contributed by atoms with E-state index in [9.17, 15) is 4.79 Å². The fourth-order valence-electron chi connectivity index (χ4n) is 3.75. The fraction of sp³-hybridized carbons (Fsp3) is 0.526. The molecule has 1 saturated heterocycles. The number of likely N-dealkylation sites (N-methyl/N-ethyl adjacent to an activating group) is 1. The van der Waals surface area contributed by atoms with Gasteiger partial charge in [0.2, 0.25) is 0 Å². The van der Waals surface area contributed by atoms with Crippen molar-refractivity contribution in [2.24, 2.45) is 0 Å². The number of rotatable bonds is 3. The number of hydrogen-bond acceptors (Lipinski definition) is 3. The van der Waals surface area contributed by atoms with Crippen molar-refractivity contribution in [2.75, 3.05) is 20.1 Å². The molecule has 5 nitrogen and oxygen atoms in total. The third-order valence-corrected chi connectivity index (χ3v) is 6.81. The summed E-state index contributed by atoms with van der Waals surface area (Å²) in [6, 6.07) is 0.114. The molecule has 3 rings (SSSR count). The molecule has 2 atom stereocenters. The highest BCUT2D eigenvalue weighted by molar-refractivity contribution is 6.41. The van der Waals surface area contributed by atoms with Crippen LogP contribution in [0.1, 0.15) is 33.1 Å². The van der Waals surface area contributed by atoms with Gasteiger partial charge in [-0.3, -0.25) is 9.80 Å². The Hall–Kier alpha value is -1.14. The second kappa shape index (κ2) is 8.08. The predicted octanol–water partition coefficient (Wildman–Crippen LogP) is 4.41. The van der Waals surface area contributed by atoms with Crippen molar-refractivity contribution in [1.82, 2.24) is 20.4 Å². The maximum atomic E-state index is 13.0. The van der Waals surface area contributed by atoms with Crippen molar-refractivity contribution >= 4 is 40.8 Å². The molecule has 0 aromatic rings. The van der Waals surface area contributed by atoms with Gasteiger partial charge in [0, 0.05) is 18.8 Å². The Balaban J connectivity index is 1.82. The summed E-state index contributed by atoms with van der Waals surface area (Å²) in [4.78, 5) is 15.9. The zero-order valence-corrected chi connectivity index (χ0v) is 18.0. The Kier molecular flexibility index (Phi) is 6.16. The molecule has 0 radical (unpaired) electrons. The molecule has 2 unspecified atom stereocenters. The van der Waals surface area contributed by atoms with E-state index in [2.05, 4.69) is 28.7 Å². The van der Waals surface area contributed by atoms with E-state index in [1.54, 1.807) is 11.8 Å². The summed E-state index contributed by atoms with van der Waals surface area (Å²) >= 11 is 19.1. The average Bonchev–Trinajstić information content (AvgIpc) is 3.09. The van der Waals surface area contributed by atoms with Gasteiger partial charge in [-0.25, -0.2) is 4.79 Å². The van der Waals surface area contributed by atoms with Crippen LogP contribution in [0.25, 0.3) is 0 Å². The quantitative estimate of drug-likeness (QED) is 0.514. The molecule has 1 fully saturated rings. The third-order valence-electron chi connectivity index (χ3n) is 5.40. The number of nitrogens with zero attached hydrogens (tertiary/aromatic N) is 2. The number of likely N-dealkylation sites (tertiary alicyclic amines) is 1. The highest BCUT2D eigenvalue weighted by atomic mass is 35.5. The molecule has 0 aliphatic carbocycles. The Labute approximate surface area is 175 Å². The molecule has 0 aromatic heterocycles. The SMILES string of the molecule is CCC1(Cl)NC(Cl)=C(Cl)C(C)=C1NC(=O)N1C=C(C2CCCN2C)C=CC1. The van der Waals surface area contributed by atoms with Crippen molar-refractivity contribution in [2.45, 2.75) is 44.1 Å². The van der Waals surface area contributed by atoms with Crippen LogP contribution >= 0.6 is 34.8 Å². The topological polar surface area (TPSA) is 47.6 Å². The van der Waals surface area contributed by atoms with E-state index in [0.29, 0.717) is 35.3 Å². The number of dihydropyridines is 1. The lowest BCUT2D eigenvalue weighted by atomic mass is 10.0. The first-order valence-electron chi connectivity index (χ1n) is 9.17. The van der Waals surface area contributed by atoms with Crippen molar-refractivity contribution in [1.29, 1.82) is 0 Å². The summed E-state index contributed by atoms with van der Waals surface area (Å²) in [6.45, 7) is 5.31. The van der Waals surface area contributed by atoms with Gasteiger partial charge in [-0.1, -0.05) is 53.9 Å². The lowest BCUT2D eigenvalue weighted by molar-refractivity contribution is 0.218. The van der Waals surface area contributed by atoms with E-state index in [0.717, 1.165) is 18.5 Å². The molecule has 3 aliphatic rings. The molecule has 3 aliphatic heterocycles. The molecular weight excluding hydrogens is 407 g/mol. The van der Waals surface area contributed by atoms with E-state index in [4.69, 9.17) is 34.8 Å². The first-order chi connectivity index (χ1) is 12.8. The van der Waals surface area contributed by atoms with Crippen molar-refractivity contribution in [3.63, 3.8) is 0 Å². The second-order valence-electron chi connectivity index (χ2n) is 7.16. The zero-order chi connectivity index (χ0) is 19.8. The van der Waals surface area contributed by atoms with Crippen LogP contribution in [0.5, 0.6) is 0 Å². The minimum atomic E-state index is -1.00. The predicted molar refractivity (Wildman–Crippen MR) is 112 cm³/mol. The van der Waals surface area contributed by atoms with Gasteiger partial charge < -0.3 is 10.6 Å². The minimum Gasteiger partial charge on any atom is -0.351 e. The molecule has 0 aromatic carbocycles. The summed E-state index contributed by atoms with van der Waals surface area (Å²) in [6.07, 6.45) is 8.86. The number of carbonyl (C=O) groups is 1. The van der Waals surface area contributed by atoms with E-state index in [1.165, 1.54) is 6.42 Å². The van der Waals surface area contributed by atoms with E-state index in [-0.39, 0.29) is 11.2 Å². The number of hydrogen-bond donors (Lipinski definition) is 2. The Bertz CT molecular complexity index is 758. The minimum absolute atomic E-state index is 0.241. The molecule has 2 amide bonds. The molecular formula is C19H25Cl3N4O. The first-order valence-corrected chi connectivity index (χ1v) is 10.3. The Morgan fingerprint density at radius 2 is 2.19 bits per heavy atom. The van der Waals surface area contributed by atoms with Crippen LogP contribution in [-0.4, -0.2) is 47.0 Å². The van der Waals surface area contributed by atoms with E-state index < -0.39 is 5.00 Å². The number of allylic oxidation sites excluding steroid dienone is 2. The van der Waals surface area contributed by atoms with Crippen LogP contribution in [0.15, 0.2) is 45.4 Å². The van der Waals surface area contributed by atoms with Crippen molar-refractivity contribution < 1.29 is 4.79 Å². The summed E-state index contributed by atoms with van der Waals surface area (Å²) in [5, 5.41) is 6.60. The summed E-state index contributed by atoms with van der Waals surface area (Å²) in [7, 11) is 2.12. The average molecular weight is 432 g/mol. The largest absolute Gasteiger partial charge is 0.351 e. The van der Waals surface area contributed by atoms with Gasteiger partial charge in [0.25, 0.3) is 0 Å². The number of halogens is 3. The lowest BCUT2D eigenvalue weighted by Gasteiger charge is -2.37. The first kappa shape index (κ1) is 20.6. The van der Waals surface area contributed by atoms with Gasteiger partial charge in [0.15, 0.2) is 5.00 Å². The van der Waals surface area contributed by atoms with Gasteiger partial charge in [-0.2, -0.15) is 0 Å². The molecule has 27 heavy (non-hydrogen) atoms. The summed E-state index contributed by atoms with van der Waals surface area (Å²) in [5.74, 6) is 0. The normalized spacial score (nSPS) is 29.2. The standard InChI is InChI=1S/C19H25Cl3N4O/c1-4-19(22)16(12(2)15(20)17(21)24-19)23-18(27)26-10-5-7-13(11-26)14-8-6-9-25(14)3/h5,7,11,14,24H,4,6,8-10H2,1-3H3,(H,23,27). The lowest BCUT2D eigenvalue weighted by Crippen LogP contribution is -2.51. The third kappa shape index (κ3) is 4.02. The van der Waals surface area contributed by atoms with Crippen LogP contribution in [0, 0.1) is 0 Å². The molecule has 148 valence electrons. The van der Waals surface area contributed by atoms with E-state index >= 15 is 0 Å². The molecule has 8 heteroatoms. The molecule has 0 saturated carbocycles. The van der Waals surface area contributed by atoms with Crippen molar-refractivity contribution in [3.05, 3.63) is 45.4 Å². The molecule has 0 spiro atoms. The maximum absolute atomic E-state index is 13.0. The van der Waals surface area contributed by atoms with Crippen molar-refractivity contribution in [3.8, 4) is 0 Å². The van der Waals surface area contributed by atoms with E-state index in [1.807, 2.05) is 19.2 Å². The number of urea groups is 1. The van der Waals surface area contributed by atoms with Crippen LogP contribution in [0.2, 0.25) is 0 Å². The van der Waals surface area contributed by atoms with Crippen LogP contribution in [0.3, 0.4) is 0 Å². The van der Waals surface area contributed by atoms with Gasteiger partial charge in [0.1, 0.15) is 5.16 Å². The van der Waals surface area contributed by atoms with Gasteiger partial charge in [-0.15, -0.1) is 0 Å². The Morgan fingerprint density at radius 1 is 1.44 bits per heavy atom. The van der Waals surface area contributed by atoms with Gasteiger partial charge >= 0.3 is 6.03 Å². The highest BCUT2D eigenvalue weighted by Crippen LogP contribution is 2.38. The second-order valence-corrected chi connectivity index (χ2v) is 8.56.